The summed E-state index contributed by atoms with van der Waals surface area (Å²) in [5.74, 6) is 0.0973. The molecule has 1 saturated carbocycles. The van der Waals surface area contributed by atoms with Crippen molar-refractivity contribution >= 4 is 6.09 Å². The third kappa shape index (κ3) is 3.08. The molecule has 0 aromatic carbocycles. The van der Waals surface area contributed by atoms with Crippen molar-refractivity contribution in [2.45, 2.75) is 56.7 Å². The van der Waals surface area contributed by atoms with E-state index in [1.807, 2.05) is 0 Å². The third-order valence-electron chi connectivity index (χ3n) is 4.57. The summed E-state index contributed by atoms with van der Waals surface area (Å²) in [6, 6.07) is 3.18. The van der Waals surface area contributed by atoms with Gasteiger partial charge in [-0.05, 0) is 45.2 Å². The van der Waals surface area contributed by atoms with Gasteiger partial charge in [0, 0.05) is 25.2 Å². The second-order valence-electron chi connectivity index (χ2n) is 7.64. The number of hydrogen-bond acceptors (Lipinski definition) is 3. The largest absolute Gasteiger partial charge is 0.444 e. The van der Waals surface area contributed by atoms with Crippen LogP contribution in [0.4, 0.5) is 18.0 Å². The minimum absolute atomic E-state index is 0.0973. The summed E-state index contributed by atoms with van der Waals surface area (Å²) in [5.41, 5.74) is -1.33. The molecular formula is C17H21F3N2O2. The molecule has 0 N–H and O–H groups in total. The van der Waals surface area contributed by atoms with Crippen molar-refractivity contribution in [1.82, 2.24) is 9.88 Å². The highest BCUT2D eigenvalue weighted by atomic mass is 19.4. The van der Waals surface area contributed by atoms with E-state index >= 15 is 0 Å². The number of aromatic nitrogens is 1. The fourth-order valence-electron chi connectivity index (χ4n) is 2.90. The van der Waals surface area contributed by atoms with Crippen molar-refractivity contribution in [3.63, 3.8) is 0 Å². The third-order valence-corrected chi connectivity index (χ3v) is 4.57. The van der Waals surface area contributed by atoms with Gasteiger partial charge in [0.2, 0.25) is 0 Å². The molecule has 132 valence electrons. The minimum atomic E-state index is -4.24. The van der Waals surface area contributed by atoms with E-state index in [4.69, 9.17) is 4.74 Å². The van der Waals surface area contributed by atoms with E-state index in [0.717, 1.165) is 5.56 Å². The number of pyridine rings is 1. The topological polar surface area (TPSA) is 42.4 Å². The van der Waals surface area contributed by atoms with Gasteiger partial charge in [-0.3, -0.25) is 4.98 Å². The summed E-state index contributed by atoms with van der Waals surface area (Å²) in [7, 11) is 0. The predicted octanol–water partition coefficient (Wildman–Crippen LogP) is 4.01. The van der Waals surface area contributed by atoms with Crippen molar-refractivity contribution in [2.75, 3.05) is 13.1 Å². The first-order chi connectivity index (χ1) is 11.0. The Morgan fingerprint density at radius 2 is 1.88 bits per heavy atom. The van der Waals surface area contributed by atoms with Gasteiger partial charge in [-0.2, -0.15) is 13.2 Å². The molecule has 3 rings (SSSR count). The molecule has 0 spiro atoms. The van der Waals surface area contributed by atoms with Gasteiger partial charge in [-0.25, -0.2) is 4.79 Å². The Morgan fingerprint density at radius 3 is 2.29 bits per heavy atom. The highest BCUT2D eigenvalue weighted by molar-refractivity contribution is 5.69. The van der Waals surface area contributed by atoms with E-state index in [-0.39, 0.29) is 30.5 Å². The molecule has 0 unspecified atom stereocenters. The summed E-state index contributed by atoms with van der Waals surface area (Å²) in [6.07, 6.45) is -2.88. The van der Waals surface area contributed by atoms with E-state index in [1.165, 1.54) is 12.3 Å². The van der Waals surface area contributed by atoms with E-state index in [1.54, 1.807) is 31.7 Å². The van der Waals surface area contributed by atoms with E-state index < -0.39 is 17.2 Å². The number of carbonyl (C=O) groups excluding carboxylic acids is 1. The zero-order chi connectivity index (χ0) is 17.8. The van der Waals surface area contributed by atoms with Crippen LogP contribution in [0.1, 0.15) is 50.8 Å². The van der Waals surface area contributed by atoms with Gasteiger partial charge in [0.05, 0.1) is 5.69 Å². The highest BCUT2D eigenvalue weighted by Gasteiger charge is 2.65. The lowest BCUT2D eigenvalue weighted by Gasteiger charge is -2.40. The molecule has 2 aliphatic rings. The number of nitrogens with zero attached hydrogens (tertiary/aromatic N) is 2. The van der Waals surface area contributed by atoms with Crippen molar-refractivity contribution in [1.29, 1.82) is 0 Å². The molecule has 1 aliphatic carbocycles. The fourth-order valence-corrected chi connectivity index (χ4v) is 2.90. The molecule has 2 fully saturated rings. The first-order valence-electron chi connectivity index (χ1n) is 8.03. The maximum absolute atomic E-state index is 13.1. The molecule has 0 bridgehead atoms. The molecule has 0 radical (unpaired) electrons. The average molecular weight is 342 g/mol. The molecular weight excluding hydrogens is 321 g/mol. The van der Waals surface area contributed by atoms with Crippen LogP contribution in [0.2, 0.25) is 0 Å². The zero-order valence-electron chi connectivity index (χ0n) is 14.0. The Kier molecular flexibility index (Phi) is 3.81. The lowest BCUT2D eigenvalue weighted by Crippen LogP contribution is -2.50. The lowest BCUT2D eigenvalue weighted by atomic mass is 9.92. The van der Waals surface area contributed by atoms with Gasteiger partial charge >= 0.3 is 12.3 Å². The van der Waals surface area contributed by atoms with Gasteiger partial charge in [-0.1, -0.05) is 6.07 Å². The molecule has 24 heavy (non-hydrogen) atoms. The smallest absolute Gasteiger partial charge is 0.410 e. The van der Waals surface area contributed by atoms with Crippen molar-refractivity contribution in [3.05, 3.63) is 29.6 Å². The molecule has 1 aromatic heterocycles. The molecule has 1 aliphatic heterocycles. The van der Waals surface area contributed by atoms with Crippen LogP contribution in [-0.4, -0.2) is 40.8 Å². The number of alkyl halides is 3. The van der Waals surface area contributed by atoms with Crippen LogP contribution >= 0.6 is 0 Å². The number of halogens is 3. The van der Waals surface area contributed by atoms with Crippen LogP contribution in [0, 0.1) is 0 Å². The number of amides is 1. The first kappa shape index (κ1) is 17.0. The molecule has 4 nitrogen and oxygen atoms in total. The molecule has 1 saturated heterocycles. The Hall–Kier alpha value is -1.79. The molecule has 7 heteroatoms. The summed E-state index contributed by atoms with van der Waals surface area (Å²) in [5, 5.41) is 0. The summed E-state index contributed by atoms with van der Waals surface area (Å²) >= 11 is 0. The number of likely N-dealkylation sites (tertiary alicyclic amines) is 1. The number of rotatable bonds is 2. The normalized spacial score (nSPS) is 20.5. The lowest BCUT2D eigenvalue weighted by molar-refractivity contribution is -0.161. The quantitative estimate of drug-likeness (QED) is 0.815. The average Bonchev–Trinajstić information content (AvgIpc) is 3.16. The van der Waals surface area contributed by atoms with Crippen LogP contribution in [0.5, 0.6) is 0 Å². The standard InChI is InChI=1S/C17H21F3N2O2/c1-15(2,3)24-14(23)22-9-12(10-22)11-4-5-13(21-8-11)16(6-7-16)17(18,19)20/h4-5,8,12H,6-7,9-10H2,1-3H3. The summed E-state index contributed by atoms with van der Waals surface area (Å²) in [4.78, 5) is 17.5. The van der Waals surface area contributed by atoms with Gasteiger partial charge in [0.25, 0.3) is 0 Å². The van der Waals surface area contributed by atoms with E-state index in [2.05, 4.69) is 4.98 Å². The molecule has 0 atom stereocenters. The first-order valence-corrected chi connectivity index (χ1v) is 8.03. The Morgan fingerprint density at radius 1 is 1.25 bits per heavy atom. The van der Waals surface area contributed by atoms with Crippen LogP contribution in [0.3, 0.4) is 0 Å². The van der Waals surface area contributed by atoms with Gasteiger partial charge in [-0.15, -0.1) is 0 Å². The monoisotopic (exact) mass is 342 g/mol. The Labute approximate surface area is 139 Å². The summed E-state index contributed by atoms with van der Waals surface area (Å²) in [6.45, 7) is 6.41. The second kappa shape index (κ2) is 5.36. The number of hydrogen-bond donors (Lipinski definition) is 0. The van der Waals surface area contributed by atoms with Crippen LogP contribution in [0.25, 0.3) is 0 Å². The maximum atomic E-state index is 13.1. The zero-order valence-corrected chi connectivity index (χ0v) is 14.0. The van der Waals surface area contributed by atoms with Crippen LogP contribution in [-0.2, 0) is 10.2 Å². The Bertz CT molecular complexity index is 625. The van der Waals surface area contributed by atoms with Crippen molar-refractivity contribution < 1.29 is 22.7 Å². The fraction of sp³-hybridized carbons (Fsp3) is 0.647. The SMILES string of the molecule is CC(C)(C)OC(=O)N1CC(c2ccc(C3(C(F)(F)F)CC3)nc2)C1. The van der Waals surface area contributed by atoms with Gasteiger partial charge in [0.15, 0.2) is 0 Å². The minimum Gasteiger partial charge on any atom is -0.444 e. The molecule has 2 heterocycles. The predicted molar refractivity (Wildman–Crippen MR) is 81.8 cm³/mol. The Balaban J connectivity index is 1.60. The summed E-state index contributed by atoms with van der Waals surface area (Å²) < 4.78 is 44.6. The highest BCUT2D eigenvalue weighted by Crippen LogP contribution is 2.58. The van der Waals surface area contributed by atoms with Crippen LogP contribution < -0.4 is 0 Å². The van der Waals surface area contributed by atoms with E-state index in [0.29, 0.717) is 13.1 Å². The molecule has 1 amide bonds. The van der Waals surface area contributed by atoms with Crippen molar-refractivity contribution in [3.8, 4) is 0 Å². The molecule has 1 aromatic rings. The van der Waals surface area contributed by atoms with Gasteiger partial charge in [0.1, 0.15) is 11.0 Å². The van der Waals surface area contributed by atoms with E-state index in [9.17, 15) is 18.0 Å². The van der Waals surface area contributed by atoms with Crippen molar-refractivity contribution in [2.24, 2.45) is 0 Å². The number of carbonyl (C=O) groups is 1. The maximum Gasteiger partial charge on any atom is 0.410 e. The second-order valence-corrected chi connectivity index (χ2v) is 7.64. The van der Waals surface area contributed by atoms with Crippen LogP contribution in [0.15, 0.2) is 18.3 Å². The number of ether oxygens (including phenoxy) is 1. The van der Waals surface area contributed by atoms with Gasteiger partial charge < -0.3 is 9.64 Å².